The number of aryl methyl sites for hydroxylation is 3. The number of amides is 2. The van der Waals surface area contributed by atoms with E-state index in [2.05, 4.69) is 15.5 Å². The van der Waals surface area contributed by atoms with E-state index in [1.165, 1.54) is 0 Å². The number of hydrogen-bond acceptors (Lipinski definition) is 6. The van der Waals surface area contributed by atoms with Gasteiger partial charge in [-0.25, -0.2) is 4.98 Å². The fourth-order valence-electron chi connectivity index (χ4n) is 4.33. The van der Waals surface area contributed by atoms with Crippen molar-refractivity contribution in [3.8, 4) is 11.3 Å². The average molecular weight is 467 g/mol. The first kappa shape index (κ1) is 23.2. The van der Waals surface area contributed by atoms with E-state index < -0.39 is 0 Å². The lowest BCUT2D eigenvalue weighted by Crippen LogP contribution is -2.39. The summed E-state index contributed by atoms with van der Waals surface area (Å²) in [5.41, 5.74) is 4.69. The number of thiazole rings is 1. The van der Waals surface area contributed by atoms with Crippen LogP contribution in [0.4, 0.5) is 5.69 Å². The molecule has 0 bridgehead atoms. The van der Waals surface area contributed by atoms with Crippen molar-refractivity contribution in [2.45, 2.75) is 52.9 Å². The van der Waals surface area contributed by atoms with Crippen LogP contribution in [0.15, 0.2) is 34.2 Å². The molecular formula is C25H30N4O3S. The van der Waals surface area contributed by atoms with Gasteiger partial charge in [-0.05, 0) is 58.1 Å². The molecule has 3 heterocycles. The SMILES string of the molecule is Cc1nc(-c2ccc(NC(=O)CC3CCN(C(=O)CCc4c(C)noc4C)CC3)cc2)cs1. The molecule has 1 aromatic carbocycles. The van der Waals surface area contributed by atoms with Crippen molar-refractivity contribution in [1.82, 2.24) is 15.0 Å². The normalized spacial score (nSPS) is 14.5. The molecule has 4 rings (SSSR count). The van der Waals surface area contributed by atoms with Crippen molar-refractivity contribution in [3.63, 3.8) is 0 Å². The van der Waals surface area contributed by atoms with Gasteiger partial charge in [-0.15, -0.1) is 11.3 Å². The van der Waals surface area contributed by atoms with Gasteiger partial charge in [-0.2, -0.15) is 0 Å². The number of piperidine rings is 1. The van der Waals surface area contributed by atoms with E-state index in [0.717, 1.165) is 51.8 Å². The molecule has 1 N–H and O–H groups in total. The number of nitrogens with one attached hydrogen (secondary N) is 1. The maximum Gasteiger partial charge on any atom is 0.224 e. The number of nitrogens with zero attached hydrogens (tertiary/aromatic N) is 3. The van der Waals surface area contributed by atoms with Gasteiger partial charge in [0.15, 0.2) is 0 Å². The van der Waals surface area contributed by atoms with Crippen LogP contribution in [0.2, 0.25) is 0 Å². The van der Waals surface area contributed by atoms with Crippen molar-refractivity contribution >= 4 is 28.8 Å². The second kappa shape index (κ2) is 10.3. The van der Waals surface area contributed by atoms with Gasteiger partial charge in [0.25, 0.3) is 0 Å². The lowest BCUT2D eigenvalue weighted by atomic mass is 9.93. The summed E-state index contributed by atoms with van der Waals surface area (Å²) in [7, 11) is 0. The van der Waals surface area contributed by atoms with Crippen LogP contribution in [0.25, 0.3) is 11.3 Å². The zero-order valence-corrected chi connectivity index (χ0v) is 20.2. The van der Waals surface area contributed by atoms with Crippen LogP contribution in [0.1, 0.15) is 47.7 Å². The molecule has 0 spiro atoms. The molecule has 0 aliphatic carbocycles. The zero-order chi connectivity index (χ0) is 23.4. The molecule has 0 radical (unpaired) electrons. The number of carbonyl (C=O) groups is 2. The van der Waals surface area contributed by atoms with Crippen molar-refractivity contribution < 1.29 is 14.1 Å². The highest BCUT2D eigenvalue weighted by atomic mass is 32.1. The Balaban J connectivity index is 1.20. The number of carbonyl (C=O) groups excluding carboxylic acids is 2. The molecule has 1 saturated heterocycles. The van der Waals surface area contributed by atoms with Gasteiger partial charge >= 0.3 is 0 Å². The lowest BCUT2D eigenvalue weighted by Gasteiger charge is -2.32. The first-order valence-electron chi connectivity index (χ1n) is 11.4. The molecule has 2 amide bonds. The highest BCUT2D eigenvalue weighted by molar-refractivity contribution is 7.09. The molecule has 7 nitrogen and oxygen atoms in total. The van der Waals surface area contributed by atoms with Gasteiger partial charge in [-0.1, -0.05) is 17.3 Å². The van der Waals surface area contributed by atoms with Crippen LogP contribution in [-0.2, 0) is 16.0 Å². The van der Waals surface area contributed by atoms with Gasteiger partial charge < -0.3 is 14.7 Å². The number of aromatic nitrogens is 2. The van der Waals surface area contributed by atoms with E-state index in [4.69, 9.17) is 4.52 Å². The summed E-state index contributed by atoms with van der Waals surface area (Å²) < 4.78 is 5.18. The minimum Gasteiger partial charge on any atom is -0.361 e. The summed E-state index contributed by atoms with van der Waals surface area (Å²) in [6.07, 6.45) is 3.31. The Hall–Kier alpha value is -3.00. The first-order chi connectivity index (χ1) is 15.9. The number of rotatable bonds is 7. The quantitative estimate of drug-likeness (QED) is 0.534. The molecule has 3 aromatic rings. The smallest absolute Gasteiger partial charge is 0.224 e. The molecule has 1 fully saturated rings. The maximum absolute atomic E-state index is 12.6. The van der Waals surface area contributed by atoms with Crippen LogP contribution in [0, 0.1) is 26.7 Å². The molecular weight excluding hydrogens is 436 g/mol. The molecule has 0 atom stereocenters. The largest absolute Gasteiger partial charge is 0.361 e. The molecule has 174 valence electrons. The van der Waals surface area contributed by atoms with Gasteiger partial charge in [0.2, 0.25) is 11.8 Å². The topological polar surface area (TPSA) is 88.3 Å². The van der Waals surface area contributed by atoms with E-state index in [9.17, 15) is 9.59 Å². The fourth-order valence-corrected chi connectivity index (χ4v) is 4.95. The number of anilines is 1. The van der Waals surface area contributed by atoms with Crippen LogP contribution in [0.3, 0.4) is 0 Å². The number of benzene rings is 1. The predicted molar refractivity (Wildman–Crippen MR) is 129 cm³/mol. The van der Waals surface area contributed by atoms with Crippen molar-refractivity contribution in [2.24, 2.45) is 5.92 Å². The zero-order valence-electron chi connectivity index (χ0n) is 19.4. The summed E-state index contributed by atoms with van der Waals surface area (Å²) in [6, 6.07) is 7.80. The Morgan fingerprint density at radius 2 is 1.88 bits per heavy atom. The molecule has 33 heavy (non-hydrogen) atoms. The van der Waals surface area contributed by atoms with Gasteiger partial charge in [-0.3, -0.25) is 9.59 Å². The minimum absolute atomic E-state index is 0.0236. The molecule has 0 saturated carbocycles. The van der Waals surface area contributed by atoms with E-state index in [0.29, 0.717) is 38.3 Å². The van der Waals surface area contributed by atoms with Crippen LogP contribution in [-0.4, -0.2) is 39.9 Å². The average Bonchev–Trinajstić information content (AvgIpc) is 3.38. The van der Waals surface area contributed by atoms with E-state index in [1.807, 2.05) is 55.3 Å². The summed E-state index contributed by atoms with van der Waals surface area (Å²) in [5, 5.41) is 10.0. The second-order valence-electron chi connectivity index (χ2n) is 8.71. The Kier molecular flexibility index (Phi) is 7.23. The summed E-state index contributed by atoms with van der Waals surface area (Å²) >= 11 is 1.63. The van der Waals surface area contributed by atoms with Crippen LogP contribution in [0.5, 0.6) is 0 Å². The monoisotopic (exact) mass is 466 g/mol. The summed E-state index contributed by atoms with van der Waals surface area (Å²) in [6.45, 7) is 7.19. The Labute approximate surface area is 198 Å². The third-order valence-electron chi connectivity index (χ3n) is 6.29. The molecule has 1 aliphatic rings. The van der Waals surface area contributed by atoms with E-state index >= 15 is 0 Å². The molecule has 8 heteroatoms. The maximum atomic E-state index is 12.6. The predicted octanol–water partition coefficient (Wildman–Crippen LogP) is 4.92. The summed E-state index contributed by atoms with van der Waals surface area (Å²) in [5.74, 6) is 1.27. The molecule has 2 aromatic heterocycles. The minimum atomic E-state index is 0.0236. The van der Waals surface area contributed by atoms with Crippen molar-refractivity contribution in [3.05, 3.63) is 51.7 Å². The highest BCUT2D eigenvalue weighted by Crippen LogP contribution is 2.25. The summed E-state index contributed by atoms with van der Waals surface area (Å²) in [4.78, 5) is 31.6. The first-order valence-corrected chi connectivity index (χ1v) is 12.3. The Morgan fingerprint density at radius 3 is 2.48 bits per heavy atom. The fraction of sp³-hybridized carbons (Fsp3) is 0.440. The third-order valence-corrected chi connectivity index (χ3v) is 7.07. The highest BCUT2D eigenvalue weighted by Gasteiger charge is 2.25. The van der Waals surface area contributed by atoms with E-state index in [1.54, 1.807) is 11.3 Å². The van der Waals surface area contributed by atoms with Crippen molar-refractivity contribution in [1.29, 1.82) is 0 Å². The van der Waals surface area contributed by atoms with Crippen molar-refractivity contribution in [2.75, 3.05) is 18.4 Å². The van der Waals surface area contributed by atoms with Crippen LogP contribution < -0.4 is 5.32 Å². The lowest BCUT2D eigenvalue weighted by molar-refractivity contribution is -0.132. The van der Waals surface area contributed by atoms with Gasteiger partial charge in [0.05, 0.1) is 16.4 Å². The number of hydrogen-bond donors (Lipinski definition) is 1. The Bertz CT molecular complexity index is 1090. The number of likely N-dealkylation sites (tertiary alicyclic amines) is 1. The van der Waals surface area contributed by atoms with Gasteiger partial charge in [0.1, 0.15) is 5.76 Å². The Morgan fingerprint density at radius 1 is 1.15 bits per heavy atom. The standard InChI is InChI=1S/C25H30N4O3S/c1-16-22(17(2)32-28-16)8-9-25(31)29-12-10-19(11-13-29)14-24(30)27-21-6-4-20(5-7-21)23-15-33-18(3)26-23/h4-7,15,19H,8-14H2,1-3H3,(H,27,30). The van der Waals surface area contributed by atoms with Crippen LogP contribution >= 0.6 is 11.3 Å². The second-order valence-corrected chi connectivity index (χ2v) is 9.77. The molecule has 1 aliphatic heterocycles. The third kappa shape index (κ3) is 5.87. The van der Waals surface area contributed by atoms with E-state index in [-0.39, 0.29) is 11.8 Å². The van der Waals surface area contributed by atoms with Gasteiger partial charge in [0, 0.05) is 48.1 Å². The molecule has 0 unspecified atom stereocenters.